The number of nitrogens with zero attached hydrogens (tertiary/aromatic N) is 1. The van der Waals surface area contributed by atoms with Crippen molar-refractivity contribution in [3.05, 3.63) is 35.9 Å². The number of benzene rings is 1. The van der Waals surface area contributed by atoms with Gasteiger partial charge in [-0.25, -0.2) is 4.79 Å². The number of thiol groups is 1. The SMILES string of the molecule is NC(Cc1ccccc1)C(=O)NC(CS)C(=O)NCC(=O)N1CCCC1C(=O)O. The Morgan fingerprint density at radius 3 is 2.52 bits per heavy atom. The minimum atomic E-state index is -1.06. The number of hydrogen-bond acceptors (Lipinski definition) is 6. The summed E-state index contributed by atoms with van der Waals surface area (Å²) in [4.78, 5) is 49.3. The molecule has 1 heterocycles. The maximum atomic E-state index is 12.3. The number of carboxylic acid groups (broad SMARTS) is 1. The number of rotatable bonds is 9. The van der Waals surface area contributed by atoms with E-state index in [1.165, 1.54) is 4.90 Å². The van der Waals surface area contributed by atoms with Crippen LogP contribution in [0.5, 0.6) is 0 Å². The van der Waals surface area contributed by atoms with Gasteiger partial charge in [0.2, 0.25) is 17.7 Å². The van der Waals surface area contributed by atoms with E-state index in [-0.39, 0.29) is 12.3 Å². The lowest BCUT2D eigenvalue weighted by atomic mass is 10.1. The molecule has 3 atom stereocenters. The molecule has 1 fully saturated rings. The Morgan fingerprint density at radius 1 is 1.21 bits per heavy atom. The van der Waals surface area contributed by atoms with Gasteiger partial charge in [0.25, 0.3) is 0 Å². The smallest absolute Gasteiger partial charge is 0.326 e. The lowest BCUT2D eigenvalue weighted by molar-refractivity contribution is -0.148. The van der Waals surface area contributed by atoms with Crippen molar-refractivity contribution in [2.24, 2.45) is 5.73 Å². The van der Waals surface area contributed by atoms with Crippen LogP contribution in [0.2, 0.25) is 0 Å². The van der Waals surface area contributed by atoms with Gasteiger partial charge < -0.3 is 26.4 Å². The first-order valence-electron chi connectivity index (χ1n) is 9.34. The molecular formula is C19H26N4O5S. The van der Waals surface area contributed by atoms with Gasteiger partial charge in [0.15, 0.2) is 0 Å². The average Bonchev–Trinajstić information content (AvgIpc) is 3.20. The molecule has 3 amide bonds. The van der Waals surface area contributed by atoms with Crippen molar-refractivity contribution in [1.29, 1.82) is 0 Å². The van der Waals surface area contributed by atoms with Gasteiger partial charge in [-0.2, -0.15) is 12.6 Å². The molecular weight excluding hydrogens is 396 g/mol. The fourth-order valence-corrected chi connectivity index (χ4v) is 3.40. The third-order valence-electron chi connectivity index (χ3n) is 4.72. The Labute approximate surface area is 174 Å². The van der Waals surface area contributed by atoms with Crippen molar-refractivity contribution in [2.75, 3.05) is 18.8 Å². The highest BCUT2D eigenvalue weighted by atomic mass is 32.1. The highest BCUT2D eigenvalue weighted by Crippen LogP contribution is 2.17. The zero-order valence-electron chi connectivity index (χ0n) is 15.9. The van der Waals surface area contributed by atoms with E-state index in [2.05, 4.69) is 23.3 Å². The molecule has 0 aliphatic carbocycles. The van der Waals surface area contributed by atoms with Crippen molar-refractivity contribution in [2.45, 2.75) is 37.4 Å². The third kappa shape index (κ3) is 6.47. The molecule has 0 aromatic heterocycles. The quantitative estimate of drug-likeness (QED) is 0.329. The molecule has 0 saturated carbocycles. The summed E-state index contributed by atoms with van der Waals surface area (Å²) in [5.41, 5.74) is 6.81. The zero-order chi connectivity index (χ0) is 21.4. The van der Waals surface area contributed by atoms with Crippen LogP contribution in [0.25, 0.3) is 0 Å². The van der Waals surface area contributed by atoms with Crippen LogP contribution in [0.1, 0.15) is 18.4 Å². The maximum Gasteiger partial charge on any atom is 0.326 e. The van der Waals surface area contributed by atoms with E-state index in [0.717, 1.165) is 5.56 Å². The highest BCUT2D eigenvalue weighted by molar-refractivity contribution is 7.80. The van der Waals surface area contributed by atoms with Gasteiger partial charge in [0.1, 0.15) is 12.1 Å². The molecule has 2 rings (SSSR count). The fourth-order valence-electron chi connectivity index (χ4n) is 3.14. The van der Waals surface area contributed by atoms with E-state index in [4.69, 9.17) is 10.8 Å². The molecule has 158 valence electrons. The van der Waals surface area contributed by atoms with Crippen LogP contribution >= 0.6 is 12.6 Å². The Bertz CT molecular complexity index is 745. The lowest BCUT2D eigenvalue weighted by Gasteiger charge is -2.23. The van der Waals surface area contributed by atoms with Crippen LogP contribution in [-0.2, 0) is 25.6 Å². The molecule has 5 N–H and O–H groups in total. The van der Waals surface area contributed by atoms with Gasteiger partial charge in [-0.05, 0) is 24.8 Å². The maximum absolute atomic E-state index is 12.3. The molecule has 3 unspecified atom stereocenters. The Balaban J connectivity index is 1.84. The van der Waals surface area contributed by atoms with Crippen molar-refractivity contribution >= 4 is 36.3 Å². The molecule has 1 saturated heterocycles. The monoisotopic (exact) mass is 422 g/mol. The second kappa shape index (κ2) is 10.8. The Kier molecular flexibility index (Phi) is 8.47. The molecule has 1 aromatic carbocycles. The number of nitrogens with one attached hydrogen (secondary N) is 2. The van der Waals surface area contributed by atoms with Crippen LogP contribution in [-0.4, -0.2) is 70.7 Å². The van der Waals surface area contributed by atoms with E-state index >= 15 is 0 Å². The third-order valence-corrected chi connectivity index (χ3v) is 5.09. The van der Waals surface area contributed by atoms with Crippen LogP contribution in [0.3, 0.4) is 0 Å². The van der Waals surface area contributed by atoms with Gasteiger partial charge in [0, 0.05) is 12.3 Å². The summed E-state index contributed by atoms with van der Waals surface area (Å²) in [6.07, 6.45) is 1.31. The van der Waals surface area contributed by atoms with Crippen molar-refractivity contribution < 1.29 is 24.3 Å². The average molecular weight is 423 g/mol. The standard InChI is InChI=1S/C19H26N4O5S/c20-13(9-12-5-2-1-3-6-12)17(25)22-14(11-29)18(26)21-10-16(24)23-8-4-7-15(23)19(27)28/h1-3,5-6,13-15,29H,4,7-11,20H2,(H,21,26)(H,22,25)(H,27,28). The number of amides is 3. The van der Waals surface area contributed by atoms with Gasteiger partial charge in [-0.3, -0.25) is 14.4 Å². The van der Waals surface area contributed by atoms with E-state index in [9.17, 15) is 19.2 Å². The number of likely N-dealkylation sites (tertiary alicyclic amines) is 1. The molecule has 1 aliphatic heterocycles. The molecule has 1 aromatic rings. The second-order valence-corrected chi connectivity index (χ2v) is 7.21. The molecule has 0 bridgehead atoms. The van der Waals surface area contributed by atoms with Gasteiger partial charge in [0.05, 0.1) is 12.6 Å². The molecule has 0 radical (unpaired) electrons. The number of nitrogens with two attached hydrogens (primary N) is 1. The van der Waals surface area contributed by atoms with Crippen molar-refractivity contribution in [3.8, 4) is 0 Å². The van der Waals surface area contributed by atoms with Crippen LogP contribution in [0, 0.1) is 0 Å². The van der Waals surface area contributed by atoms with E-state index in [1.54, 1.807) is 0 Å². The first-order chi connectivity index (χ1) is 13.8. The fraction of sp³-hybridized carbons (Fsp3) is 0.474. The van der Waals surface area contributed by atoms with E-state index in [0.29, 0.717) is 25.8 Å². The number of hydrogen-bond donors (Lipinski definition) is 5. The minimum Gasteiger partial charge on any atom is -0.480 e. The van der Waals surface area contributed by atoms with Crippen molar-refractivity contribution in [1.82, 2.24) is 15.5 Å². The highest BCUT2D eigenvalue weighted by Gasteiger charge is 2.34. The molecule has 29 heavy (non-hydrogen) atoms. The molecule has 10 heteroatoms. The number of aliphatic carboxylic acids is 1. The molecule has 0 spiro atoms. The van der Waals surface area contributed by atoms with E-state index in [1.807, 2.05) is 30.3 Å². The summed E-state index contributed by atoms with van der Waals surface area (Å²) in [6.45, 7) is -0.00836. The Morgan fingerprint density at radius 2 is 1.90 bits per heavy atom. The summed E-state index contributed by atoms with van der Waals surface area (Å²) in [6, 6.07) is 6.58. The van der Waals surface area contributed by atoms with Crippen molar-refractivity contribution in [3.63, 3.8) is 0 Å². The summed E-state index contributed by atoms with van der Waals surface area (Å²) < 4.78 is 0. The largest absolute Gasteiger partial charge is 0.480 e. The number of carboxylic acids is 1. The predicted octanol–water partition coefficient (Wildman–Crippen LogP) is -0.837. The van der Waals surface area contributed by atoms with Gasteiger partial charge in [-0.15, -0.1) is 0 Å². The topological polar surface area (TPSA) is 142 Å². The minimum absolute atomic E-state index is 0.0191. The summed E-state index contributed by atoms with van der Waals surface area (Å²) >= 11 is 4.08. The number of carbonyl (C=O) groups is 4. The summed E-state index contributed by atoms with van der Waals surface area (Å²) in [5, 5.41) is 14.1. The normalized spacial score (nSPS) is 18.0. The van der Waals surface area contributed by atoms with Gasteiger partial charge >= 0.3 is 5.97 Å². The summed E-state index contributed by atoms with van der Waals surface area (Å²) in [5.74, 6) is -2.60. The van der Waals surface area contributed by atoms with Crippen LogP contribution < -0.4 is 16.4 Å². The lowest BCUT2D eigenvalue weighted by Crippen LogP contribution is -2.54. The Hall–Kier alpha value is -2.59. The number of carbonyl (C=O) groups excluding carboxylic acids is 3. The molecule has 9 nitrogen and oxygen atoms in total. The zero-order valence-corrected chi connectivity index (χ0v) is 16.8. The van der Waals surface area contributed by atoms with Gasteiger partial charge in [-0.1, -0.05) is 30.3 Å². The summed E-state index contributed by atoms with van der Waals surface area (Å²) in [7, 11) is 0. The first-order valence-corrected chi connectivity index (χ1v) is 9.97. The molecule has 1 aliphatic rings. The van der Waals surface area contributed by atoms with Crippen LogP contribution in [0.4, 0.5) is 0 Å². The van der Waals surface area contributed by atoms with E-state index < -0.39 is 41.8 Å². The second-order valence-electron chi connectivity index (χ2n) is 6.84. The predicted molar refractivity (Wildman–Crippen MR) is 109 cm³/mol. The van der Waals surface area contributed by atoms with Crippen LogP contribution in [0.15, 0.2) is 30.3 Å². The first kappa shape index (κ1) is 22.7.